The zero-order chi connectivity index (χ0) is 19.8. The summed E-state index contributed by atoms with van der Waals surface area (Å²) in [5, 5.41) is 2.63. The van der Waals surface area contributed by atoms with Gasteiger partial charge in [-0.2, -0.15) is 0 Å². The molecule has 142 valence electrons. The summed E-state index contributed by atoms with van der Waals surface area (Å²) < 4.78 is 18.6. The first kappa shape index (κ1) is 19.3. The lowest BCUT2D eigenvalue weighted by atomic mass is 10.0. The Morgan fingerprint density at radius 2 is 1.32 bits per heavy atom. The Hall–Kier alpha value is -3.47. The summed E-state index contributed by atoms with van der Waals surface area (Å²) in [6.45, 7) is 0. The lowest BCUT2D eigenvalue weighted by Gasteiger charge is -2.19. The van der Waals surface area contributed by atoms with Gasteiger partial charge >= 0.3 is 5.97 Å². The molecule has 0 fully saturated rings. The van der Waals surface area contributed by atoms with Crippen LogP contribution in [0.5, 0.6) is 0 Å². The zero-order valence-electron chi connectivity index (χ0n) is 15.2. The SMILES string of the molecule is O=C(CCC(=O)OC(c1ccccc1)c1ccccc1)Nc1ccc(F)cc1. The fourth-order valence-corrected chi connectivity index (χ4v) is 2.75. The van der Waals surface area contributed by atoms with Gasteiger partial charge in [-0.1, -0.05) is 60.7 Å². The molecule has 28 heavy (non-hydrogen) atoms. The number of rotatable bonds is 7. The van der Waals surface area contributed by atoms with E-state index in [0.29, 0.717) is 5.69 Å². The largest absolute Gasteiger partial charge is 0.453 e. The summed E-state index contributed by atoms with van der Waals surface area (Å²) in [4.78, 5) is 24.4. The number of nitrogens with one attached hydrogen (secondary N) is 1. The molecule has 0 saturated heterocycles. The van der Waals surface area contributed by atoms with Gasteiger partial charge in [0, 0.05) is 12.1 Å². The molecule has 3 aromatic carbocycles. The monoisotopic (exact) mass is 377 g/mol. The molecule has 3 aromatic rings. The van der Waals surface area contributed by atoms with Crippen LogP contribution >= 0.6 is 0 Å². The maximum atomic E-state index is 12.9. The highest BCUT2D eigenvalue weighted by Crippen LogP contribution is 2.26. The molecule has 0 aliphatic carbocycles. The molecule has 0 bridgehead atoms. The summed E-state index contributed by atoms with van der Waals surface area (Å²) in [5.74, 6) is -1.18. The number of amides is 1. The van der Waals surface area contributed by atoms with Gasteiger partial charge in [-0.05, 0) is 35.4 Å². The Balaban J connectivity index is 1.59. The van der Waals surface area contributed by atoms with Crippen LogP contribution in [-0.2, 0) is 14.3 Å². The highest BCUT2D eigenvalue weighted by molar-refractivity contribution is 5.92. The Bertz CT molecular complexity index is 872. The van der Waals surface area contributed by atoms with Crippen LogP contribution in [0.25, 0.3) is 0 Å². The van der Waals surface area contributed by atoms with Crippen LogP contribution in [0, 0.1) is 5.82 Å². The number of carbonyl (C=O) groups is 2. The summed E-state index contributed by atoms with van der Waals surface area (Å²) >= 11 is 0. The molecule has 0 unspecified atom stereocenters. The minimum atomic E-state index is -0.532. The predicted molar refractivity (Wildman–Crippen MR) is 105 cm³/mol. The first-order chi connectivity index (χ1) is 13.6. The van der Waals surface area contributed by atoms with E-state index in [1.54, 1.807) is 0 Å². The molecule has 0 atom stereocenters. The first-order valence-corrected chi connectivity index (χ1v) is 8.96. The summed E-state index contributed by atoms with van der Waals surface area (Å²) in [5.41, 5.74) is 2.20. The number of hydrogen-bond acceptors (Lipinski definition) is 3. The molecule has 4 nitrogen and oxygen atoms in total. The van der Waals surface area contributed by atoms with E-state index in [1.165, 1.54) is 24.3 Å². The molecule has 0 saturated carbocycles. The zero-order valence-corrected chi connectivity index (χ0v) is 15.2. The molecule has 1 amide bonds. The normalized spacial score (nSPS) is 10.5. The number of benzene rings is 3. The molecule has 0 radical (unpaired) electrons. The van der Waals surface area contributed by atoms with E-state index in [4.69, 9.17) is 4.74 Å². The minimum absolute atomic E-state index is 0.0213. The standard InChI is InChI=1S/C23H20FNO3/c24-19-11-13-20(14-12-19)25-21(26)15-16-22(27)28-23(17-7-3-1-4-8-17)18-9-5-2-6-10-18/h1-14,23H,15-16H2,(H,25,26). The number of anilines is 1. The highest BCUT2D eigenvalue weighted by atomic mass is 19.1. The van der Waals surface area contributed by atoms with Gasteiger partial charge in [0.2, 0.25) is 5.91 Å². The highest BCUT2D eigenvalue weighted by Gasteiger charge is 2.19. The molecule has 0 heterocycles. The maximum absolute atomic E-state index is 12.9. The maximum Gasteiger partial charge on any atom is 0.307 e. The van der Waals surface area contributed by atoms with Gasteiger partial charge in [-0.15, -0.1) is 0 Å². The van der Waals surface area contributed by atoms with E-state index < -0.39 is 12.1 Å². The van der Waals surface area contributed by atoms with Crippen LogP contribution in [0.15, 0.2) is 84.9 Å². The van der Waals surface area contributed by atoms with Crippen molar-refractivity contribution in [2.24, 2.45) is 0 Å². The van der Waals surface area contributed by atoms with Crippen LogP contribution in [-0.4, -0.2) is 11.9 Å². The fraction of sp³-hybridized carbons (Fsp3) is 0.130. The lowest BCUT2D eigenvalue weighted by Crippen LogP contribution is -2.17. The van der Waals surface area contributed by atoms with Crippen molar-refractivity contribution in [2.45, 2.75) is 18.9 Å². The van der Waals surface area contributed by atoms with Crippen molar-refractivity contribution in [1.29, 1.82) is 0 Å². The second-order valence-corrected chi connectivity index (χ2v) is 6.25. The molecule has 0 spiro atoms. The van der Waals surface area contributed by atoms with Crippen LogP contribution in [0.2, 0.25) is 0 Å². The predicted octanol–water partition coefficient (Wildman–Crippen LogP) is 4.88. The van der Waals surface area contributed by atoms with Gasteiger partial charge in [0.15, 0.2) is 6.10 Å². The number of ether oxygens (including phenoxy) is 1. The molecular formula is C23H20FNO3. The lowest BCUT2D eigenvalue weighted by molar-refractivity contribution is -0.148. The van der Waals surface area contributed by atoms with Crippen molar-refractivity contribution >= 4 is 17.6 Å². The Morgan fingerprint density at radius 3 is 1.86 bits per heavy atom. The number of carbonyl (C=O) groups excluding carboxylic acids is 2. The second-order valence-electron chi connectivity index (χ2n) is 6.25. The molecular weight excluding hydrogens is 357 g/mol. The molecule has 5 heteroatoms. The Kier molecular flexibility index (Phi) is 6.52. The van der Waals surface area contributed by atoms with Crippen molar-refractivity contribution in [1.82, 2.24) is 0 Å². The average molecular weight is 377 g/mol. The number of hydrogen-bond donors (Lipinski definition) is 1. The molecule has 0 aliphatic rings. The van der Waals surface area contributed by atoms with E-state index in [9.17, 15) is 14.0 Å². The third-order valence-electron chi connectivity index (χ3n) is 4.14. The topological polar surface area (TPSA) is 55.4 Å². The third-order valence-corrected chi connectivity index (χ3v) is 4.14. The smallest absolute Gasteiger partial charge is 0.307 e. The van der Waals surface area contributed by atoms with E-state index in [-0.39, 0.29) is 24.6 Å². The number of halogens is 1. The summed E-state index contributed by atoms with van der Waals surface area (Å²) in [6, 6.07) is 24.4. The summed E-state index contributed by atoms with van der Waals surface area (Å²) in [7, 11) is 0. The van der Waals surface area contributed by atoms with E-state index in [1.807, 2.05) is 60.7 Å². The van der Waals surface area contributed by atoms with Gasteiger partial charge in [-0.3, -0.25) is 9.59 Å². The van der Waals surface area contributed by atoms with E-state index >= 15 is 0 Å². The Labute approximate surface area is 163 Å². The third kappa shape index (κ3) is 5.51. The molecule has 0 aromatic heterocycles. The van der Waals surface area contributed by atoms with Crippen molar-refractivity contribution < 1.29 is 18.7 Å². The fourth-order valence-electron chi connectivity index (χ4n) is 2.75. The average Bonchev–Trinajstić information content (AvgIpc) is 2.73. The van der Waals surface area contributed by atoms with Gasteiger partial charge < -0.3 is 10.1 Å². The number of esters is 1. The second kappa shape index (κ2) is 9.46. The Morgan fingerprint density at radius 1 is 0.786 bits per heavy atom. The minimum Gasteiger partial charge on any atom is -0.453 e. The quantitative estimate of drug-likeness (QED) is 0.597. The van der Waals surface area contributed by atoms with Crippen LogP contribution in [0.3, 0.4) is 0 Å². The molecule has 3 rings (SSSR count). The molecule has 1 N–H and O–H groups in total. The van der Waals surface area contributed by atoms with Crippen molar-refractivity contribution in [3.8, 4) is 0 Å². The molecule has 0 aliphatic heterocycles. The van der Waals surface area contributed by atoms with Crippen LogP contribution in [0.4, 0.5) is 10.1 Å². The van der Waals surface area contributed by atoms with Crippen molar-refractivity contribution in [3.05, 3.63) is 102 Å². The van der Waals surface area contributed by atoms with Crippen molar-refractivity contribution in [2.75, 3.05) is 5.32 Å². The first-order valence-electron chi connectivity index (χ1n) is 8.96. The van der Waals surface area contributed by atoms with Gasteiger partial charge in [0.25, 0.3) is 0 Å². The van der Waals surface area contributed by atoms with E-state index in [2.05, 4.69) is 5.32 Å². The summed E-state index contributed by atoms with van der Waals surface area (Å²) in [6.07, 6.45) is -0.606. The van der Waals surface area contributed by atoms with Crippen LogP contribution < -0.4 is 5.32 Å². The van der Waals surface area contributed by atoms with Crippen LogP contribution in [0.1, 0.15) is 30.1 Å². The van der Waals surface area contributed by atoms with Crippen molar-refractivity contribution in [3.63, 3.8) is 0 Å². The van der Waals surface area contributed by atoms with Gasteiger partial charge in [0.1, 0.15) is 5.82 Å². The van der Waals surface area contributed by atoms with Gasteiger partial charge in [0.05, 0.1) is 6.42 Å². The van der Waals surface area contributed by atoms with E-state index in [0.717, 1.165) is 11.1 Å². The van der Waals surface area contributed by atoms with Gasteiger partial charge in [-0.25, -0.2) is 4.39 Å².